The number of fused-ring (bicyclic) bond motifs is 1. The number of rotatable bonds is 7. The molecule has 1 heterocycles. The lowest BCUT2D eigenvalue weighted by molar-refractivity contribution is -0.113. The summed E-state index contributed by atoms with van der Waals surface area (Å²) in [6.07, 6.45) is 0. The molecule has 0 saturated carbocycles. The van der Waals surface area contributed by atoms with E-state index in [0.29, 0.717) is 22.1 Å². The molecule has 1 aromatic heterocycles. The van der Waals surface area contributed by atoms with E-state index in [4.69, 9.17) is 4.74 Å². The van der Waals surface area contributed by atoms with E-state index in [1.54, 1.807) is 31.4 Å². The van der Waals surface area contributed by atoms with E-state index < -0.39 is 0 Å². The predicted octanol–water partition coefficient (Wildman–Crippen LogP) is 5.60. The molecule has 2 amide bonds. The van der Waals surface area contributed by atoms with Gasteiger partial charge in [-0.1, -0.05) is 23.5 Å². The van der Waals surface area contributed by atoms with Gasteiger partial charge < -0.3 is 15.4 Å². The molecular formula is C24H21N3O3S2. The van der Waals surface area contributed by atoms with Crippen molar-refractivity contribution in [2.75, 3.05) is 23.5 Å². The minimum absolute atomic E-state index is 0.110. The number of nitrogens with one attached hydrogen (secondary N) is 2. The third-order valence-electron chi connectivity index (χ3n) is 4.60. The molecule has 4 rings (SSSR count). The highest BCUT2D eigenvalue weighted by atomic mass is 32.2. The quantitative estimate of drug-likeness (QED) is 0.349. The first-order valence-electron chi connectivity index (χ1n) is 9.85. The number of aryl methyl sites for hydroxylation is 1. The lowest BCUT2D eigenvalue weighted by Crippen LogP contribution is -2.13. The first-order chi connectivity index (χ1) is 15.5. The second-order valence-electron chi connectivity index (χ2n) is 7.04. The molecule has 0 atom stereocenters. The second kappa shape index (κ2) is 9.84. The van der Waals surface area contributed by atoms with Gasteiger partial charge in [-0.05, 0) is 67.1 Å². The number of aromatic nitrogens is 1. The number of carbonyl (C=O) groups excluding carboxylic acids is 2. The molecule has 0 radical (unpaired) electrons. The zero-order valence-corrected chi connectivity index (χ0v) is 19.2. The molecule has 4 aromatic rings. The van der Waals surface area contributed by atoms with Gasteiger partial charge in [-0.3, -0.25) is 9.59 Å². The Bertz CT molecular complexity index is 1270. The number of thioether (sulfide) groups is 1. The number of amides is 2. The van der Waals surface area contributed by atoms with Crippen LogP contribution in [0.2, 0.25) is 0 Å². The van der Waals surface area contributed by atoms with Gasteiger partial charge in [-0.2, -0.15) is 0 Å². The topological polar surface area (TPSA) is 80.3 Å². The van der Waals surface area contributed by atoms with Crippen LogP contribution in [0, 0.1) is 6.92 Å². The van der Waals surface area contributed by atoms with Gasteiger partial charge in [-0.25, -0.2) is 4.98 Å². The summed E-state index contributed by atoms with van der Waals surface area (Å²) in [5, 5.41) is 6.33. The summed E-state index contributed by atoms with van der Waals surface area (Å²) < 4.78 is 6.21. The molecule has 0 fully saturated rings. The molecular weight excluding hydrogens is 442 g/mol. The Labute approximate surface area is 194 Å². The minimum atomic E-state index is -0.213. The number of hydrogen-bond acceptors (Lipinski definition) is 6. The number of carbonyl (C=O) groups is 2. The average Bonchev–Trinajstić information content (AvgIpc) is 3.19. The van der Waals surface area contributed by atoms with Crippen molar-refractivity contribution in [3.8, 4) is 5.75 Å². The molecule has 0 saturated heterocycles. The van der Waals surface area contributed by atoms with Gasteiger partial charge in [0.25, 0.3) is 5.91 Å². The van der Waals surface area contributed by atoms with Crippen molar-refractivity contribution < 1.29 is 14.3 Å². The Balaban J connectivity index is 1.30. The lowest BCUT2D eigenvalue weighted by atomic mass is 10.2. The van der Waals surface area contributed by atoms with Crippen molar-refractivity contribution in [3.63, 3.8) is 0 Å². The van der Waals surface area contributed by atoms with Crippen molar-refractivity contribution in [2.24, 2.45) is 0 Å². The van der Waals surface area contributed by atoms with E-state index >= 15 is 0 Å². The summed E-state index contributed by atoms with van der Waals surface area (Å²) in [5.74, 6) is 0.573. The second-order valence-corrected chi connectivity index (χ2v) is 9.12. The highest BCUT2D eigenvalue weighted by Crippen LogP contribution is 2.27. The summed E-state index contributed by atoms with van der Waals surface area (Å²) in [7, 11) is 1.56. The molecule has 6 nitrogen and oxygen atoms in total. The lowest BCUT2D eigenvalue weighted by Gasteiger charge is -2.08. The maximum Gasteiger partial charge on any atom is 0.255 e. The molecule has 0 aliphatic heterocycles. The van der Waals surface area contributed by atoms with E-state index in [0.717, 1.165) is 20.7 Å². The van der Waals surface area contributed by atoms with E-state index in [1.807, 2.05) is 43.3 Å². The number of thiazole rings is 1. The summed E-state index contributed by atoms with van der Waals surface area (Å²) in [6.45, 7) is 2.03. The smallest absolute Gasteiger partial charge is 0.255 e. The molecule has 2 N–H and O–H groups in total. The molecule has 0 spiro atoms. The van der Waals surface area contributed by atoms with E-state index in [-0.39, 0.29) is 17.6 Å². The van der Waals surface area contributed by atoms with Crippen LogP contribution in [-0.4, -0.2) is 29.7 Å². The van der Waals surface area contributed by atoms with E-state index in [9.17, 15) is 9.59 Å². The largest absolute Gasteiger partial charge is 0.497 e. The summed E-state index contributed by atoms with van der Waals surface area (Å²) in [5.41, 5.74) is 3.24. The predicted molar refractivity (Wildman–Crippen MR) is 131 cm³/mol. The Morgan fingerprint density at radius 3 is 2.62 bits per heavy atom. The number of benzene rings is 3. The van der Waals surface area contributed by atoms with Crippen LogP contribution in [0.1, 0.15) is 15.9 Å². The maximum absolute atomic E-state index is 12.4. The number of anilines is 2. The van der Waals surface area contributed by atoms with Crippen LogP contribution in [0.5, 0.6) is 5.75 Å². The van der Waals surface area contributed by atoms with Crippen molar-refractivity contribution in [1.29, 1.82) is 0 Å². The first kappa shape index (κ1) is 21.9. The Morgan fingerprint density at radius 1 is 1.03 bits per heavy atom. The van der Waals surface area contributed by atoms with Crippen LogP contribution in [0.15, 0.2) is 71.6 Å². The monoisotopic (exact) mass is 463 g/mol. The fourth-order valence-electron chi connectivity index (χ4n) is 2.99. The molecule has 32 heavy (non-hydrogen) atoms. The van der Waals surface area contributed by atoms with Crippen LogP contribution in [0.25, 0.3) is 10.2 Å². The minimum Gasteiger partial charge on any atom is -0.497 e. The molecule has 3 aromatic carbocycles. The molecule has 0 aliphatic rings. The van der Waals surface area contributed by atoms with Crippen molar-refractivity contribution in [3.05, 3.63) is 77.9 Å². The van der Waals surface area contributed by atoms with Gasteiger partial charge in [0.2, 0.25) is 5.91 Å². The van der Waals surface area contributed by atoms with Crippen molar-refractivity contribution in [1.82, 2.24) is 4.98 Å². The number of hydrogen-bond donors (Lipinski definition) is 2. The molecule has 0 bridgehead atoms. The van der Waals surface area contributed by atoms with Crippen LogP contribution in [0.4, 0.5) is 10.8 Å². The average molecular weight is 464 g/mol. The van der Waals surface area contributed by atoms with Crippen LogP contribution >= 0.6 is 23.1 Å². The zero-order valence-electron chi connectivity index (χ0n) is 17.5. The standard InChI is InChI=1S/C24H21N3O3S2/c1-15-6-11-20-21(12-15)32-24(26-20)27-22(28)14-31-19-9-7-17(8-10-19)25-23(29)16-4-3-5-18(13-16)30-2/h3-13H,14H2,1-2H3,(H,25,29)(H,26,27,28). The molecule has 162 valence electrons. The number of ether oxygens (including phenoxy) is 1. The molecule has 0 unspecified atom stereocenters. The zero-order chi connectivity index (χ0) is 22.5. The molecule has 8 heteroatoms. The highest BCUT2D eigenvalue weighted by Gasteiger charge is 2.10. The van der Waals surface area contributed by atoms with Crippen molar-refractivity contribution in [2.45, 2.75) is 11.8 Å². The number of methoxy groups -OCH3 is 1. The van der Waals surface area contributed by atoms with E-state index in [2.05, 4.69) is 21.7 Å². The van der Waals surface area contributed by atoms with Crippen LogP contribution < -0.4 is 15.4 Å². The summed E-state index contributed by atoms with van der Waals surface area (Å²) >= 11 is 2.89. The van der Waals surface area contributed by atoms with Crippen LogP contribution in [-0.2, 0) is 4.79 Å². The maximum atomic E-state index is 12.4. The van der Waals surface area contributed by atoms with Gasteiger partial charge in [0.05, 0.1) is 23.1 Å². The van der Waals surface area contributed by atoms with Crippen LogP contribution in [0.3, 0.4) is 0 Å². The Morgan fingerprint density at radius 2 is 1.84 bits per heavy atom. The SMILES string of the molecule is COc1cccc(C(=O)Nc2ccc(SCC(=O)Nc3nc4ccc(C)cc4s3)cc2)c1. The summed E-state index contributed by atoms with van der Waals surface area (Å²) in [4.78, 5) is 30.1. The van der Waals surface area contributed by atoms with Gasteiger partial charge in [0, 0.05) is 16.1 Å². The third kappa shape index (κ3) is 5.46. The van der Waals surface area contributed by atoms with E-state index in [1.165, 1.54) is 23.1 Å². The summed E-state index contributed by atoms with van der Waals surface area (Å²) in [6, 6.07) is 20.4. The highest BCUT2D eigenvalue weighted by molar-refractivity contribution is 8.00. The first-order valence-corrected chi connectivity index (χ1v) is 11.7. The van der Waals surface area contributed by atoms with Gasteiger partial charge in [0.1, 0.15) is 5.75 Å². The Kier molecular flexibility index (Phi) is 6.72. The number of nitrogens with zero attached hydrogens (tertiary/aromatic N) is 1. The van der Waals surface area contributed by atoms with Gasteiger partial charge >= 0.3 is 0 Å². The fraction of sp³-hybridized carbons (Fsp3) is 0.125. The fourth-order valence-corrected chi connectivity index (χ4v) is 4.67. The Hall–Kier alpha value is -3.36. The normalized spacial score (nSPS) is 10.7. The molecule has 0 aliphatic carbocycles. The third-order valence-corrected chi connectivity index (χ3v) is 6.55. The van der Waals surface area contributed by atoms with Gasteiger partial charge in [0.15, 0.2) is 5.13 Å². The van der Waals surface area contributed by atoms with Gasteiger partial charge in [-0.15, -0.1) is 11.8 Å². The van der Waals surface area contributed by atoms with Crippen molar-refractivity contribution >= 4 is 55.9 Å².